The van der Waals surface area contributed by atoms with Crippen LogP contribution in [0.1, 0.15) is 38.2 Å². The van der Waals surface area contributed by atoms with Crippen LogP contribution >= 0.6 is 0 Å². The van der Waals surface area contributed by atoms with Crippen LogP contribution in [0.15, 0.2) is 24.3 Å². The smallest absolute Gasteiger partial charge is 0.248 e. The molecule has 1 aliphatic heterocycles. The lowest BCUT2D eigenvalue weighted by Gasteiger charge is -2.36. The van der Waals surface area contributed by atoms with Gasteiger partial charge in [-0.3, -0.25) is 4.79 Å². The minimum Gasteiger partial charge on any atom is -0.508 e. The van der Waals surface area contributed by atoms with E-state index in [-0.39, 0.29) is 12.5 Å². The Morgan fingerprint density at radius 1 is 1.33 bits per heavy atom. The molecule has 1 N–H and O–H groups in total. The van der Waals surface area contributed by atoms with E-state index < -0.39 is 0 Å². The molecule has 0 aliphatic carbocycles. The average Bonchev–Trinajstić information content (AvgIpc) is 2.52. The fourth-order valence-corrected chi connectivity index (χ4v) is 2.90. The lowest BCUT2D eigenvalue weighted by molar-refractivity contribution is -0.139. The van der Waals surface area contributed by atoms with E-state index in [1.54, 1.807) is 12.1 Å². The molecule has 1 heterocycles. The number of carbonyl (C=O) groups excluding carboxylic acids is 1. The van der Waals surface area contributed by atoms with Gasteiger partial charge in [0.15, 0.2) is 0 Å². The highest BCUT2D eigenvalue weighted by molar-refractivity contribution is 5.77. The van der Waals surface area contributed by atoms with Crippen molar-refractivity contribution in [1.29, 1.82) is 0 Å². The molecule has 116 valence electrons. The number of phenols is 1. The number of hydrogen-bond donors (Lipinski definition) is 1. The van der Waals surface area contributed by atoms with E-state index in [0.29, 0.717) is 18.4 Å². The van der Waals surface area contributed by atoms with Gasteiger partial charge in [0.05, 0.1) is 0 Å². The van der Waals surface area contributed by atoms with Gasteiger partial charge in [0.25, 0.3) is 0 Å². The summed E-state index contributed by atoms with van der Waals surface area (Å²) in [5.74, 6) is 0.414. The second kappa shape index (κ2) is 8.03. The second-order valence-corrected chi connectivity index (χ2v) is 5.58. The molecule has 0 aromatic heterocycles. The average molecular weight is 291 g/mol. The molecular weight excluding hydrogens is 266 g/mol. The first-order valence-electron chi connectivity index (χ1n) is 7.86. The minimum absolute atomic E-state index is 0.118. The number of nitrogens with zero attached hydrogens (tertiary/aromatic N) is 1. The molecule has 1 aliphatic rings. The first-order valence-corrected chi connectivity index (χ1v) is 7.86. The molecule has 1 amide bonds. The van der Waals surface area contributed by atoms with Crippen molar-refractivity contribution in [3.63, 3.8) is 0 Å². The Labute approximate surface area is 126 Å². The lowest BCUT2D eigenvalue weighted by Crippen LogP contribution is -2.45. The quantitative estimate of drug-likeness (QED) is 0.876. The van der Waals surface area contributed by atoms with Crippen molar-refractivity contribution in [2.75, 3.05) is 19.8 Å². The largest absolute Gasteiger partial charge is 0.508 e. The highest BCUT2D eigenvalue weighted by Crippen LogP contribution is 2.22. The number of aromatic hydroxyl groups is 1. The van der Waals surface area contributed by atoms with Crippen molar-refractivity contribution < 1.29 is 14.6 Å². The summed E-state index contributed by atoms with van der Waals surface area (Å²) in [6.07, 6.45) is 5.27. The molecule has 4 heteroatoms. The Balaban J connectivity index is 1.89. The summed E-state index contributed by atoms with van der Waals surface area (Å²) in [4.78, 5) is 14.2. The van der Waals surface area contributed by atoms with Crippen LogP contribution in [0.4, 0.5) is 0 Å². The Hall–Kier alpha value is -1.55. The fraction of sp³-hybridized carbons (Fsp3) is 0.588. The van der Waals surface area contributed by atoms with Crippen molar-refractivity contribution >= 4 is 5.91 Å². The maximum Gasteiger partial charge on any atom is 0.248 e. The van der Waals surface area contributed by atoms with Crippen LogP contribution in [0.25, 0.3) is 0 Å². The molecule has 1 aromatic carbocycles. The Morgan fingerprint density at radius 2 is 2.10 bits per heavy atom. The normalized spacial score (nSPS) is 18.7. The van der Waals surface area contributed by atoms with E-state index in [1.807, 2.05) is 24.0 Å². The number of amides is 1. The van der Waals surface area contributed by atoms with Gasteiger partial charge >= 0.3 is 0 Å². The Morgan fingerprint density at radius 3 is 2.81 bits per heavy atom. The number of rotatable bonds is 6. The zero-order valence-corrected chi connectivity index (χ0v) is 12.8. The number of benzene rings is 1. The number of piperidine rings is 1. The monoisotopic (exact) mass is 291 g/mol. The Bertz CT molecular complexity index is 444. The molecule has 0 spiro atoms. The third-order valence-electron chi connectivity index (χ3n) is 4.08. The summed E-state index contributed by atoms with van der Waals surface area (Å²) < 4.78 is 5.25. The molecule has 1 unspecified atom stereocenters. The first kappa shape index (κ1) is 15.8. The first-order chi connectivity index (χ1) is 10.2. The van der Waals surface area contributed by atoms with Gasteiger partial charge in [-0.25, -0.2) is 0 Å². The topological polar surface area (TPSA) is 49.8 Å². The van der Waals surface area contributed by atoms with Gasteiger partial charge in [0.2, 0.25) is 5.91 Å². The van der Waals surface area contributed by atoms with Gasteiger partial charge < -0.3 is 14.7 Å². The van der Waals surface area contributed by atoms with Crippen LogP contribution in [-0.2, 0) is 16.0 Å². The summed E-state index contributed by atoms with van der Waals surface area (Å²) in [5, 5.41) is 9.30. The summed E-state index contributed by atoms with van der Waals surface area (Å²) in [7, 11) is 0. The molecular formula is C17H25NO3. The van der Waals surface area contributed by atoms with Crippen molar-refractivity contribution in [3.8, 4) is 5.75 Å². The van der Waals surface area contributed by atoms with E-state index in [4.69, 9.17) is 4.74 Å². The predicted molar refractivity (Wildman–Crippen MR) is 82.3 cm³/mol. The number of hydrogen-bond acceptors (Lipinski definition) is 3. The standard InChI is InChI=1S/C17H25NO3/c1-2-21-13-17(20)18-12-4-3-5-15(18)9-6-14-7-10-16(19)11-8-14/h7-8,10-11,15,19H,2-6,9,12-13H2,1H3. The minimum atomic E-state index is 0.118. The zero-order valence-electron chi connectivity index (χ0n) is 12.8. The third-order valence-corrected chi connectivity index (χ3v) is 4.08. The Kier molecular flexibility index (Phi) is 6.05. The van der Waals surface area contributed by atoms with E-state index >= 15 is 0 Å². The van der Waals surface area contributed by atoms with Gasteiger partial charge in [-0.05, 0) is 56.7 Å². The molecule has 2 rings (SSSR count). The maximum atomic E-state index is 12.2. The van der Waals surface area contributed by atoms with Crippen molar-refractivity contribution in [1.82, 2.24) is 4.90 Å². The summed E-state index contributed by atoms with van der Waals surface area (Å²) in [6, 6.07) is 7.65. The van der Waals surface area contributed by atoms with Gasteiger partial charge in [-0.2, -0.15) is 0 Å². The lowest BCUT2D eigenvalue weighted by atomic mass is 9.95. The van der Waals surface area contributed by atoms with Crippen LogP contribution in [0.3, 0.4) is 0 Å². The molecule has 1 atom stereocenters. The fourth-order valence-electron chi connectivity index (χ4n) is 2.90. The third kappa shape index (κ3) is 4.74. The molecule has 0 saturated carbocycles. The van der Waals surface area contributed by atoms with Crippen molar-refractivity contribution in [2.45, 2.75) is 45.1 Å². The molecule has 21 heavy (non-hydrogen) atoms. The second-order valence-electron chi connectivity index (χ2n) is 5.58. The maximum absolute atomic E-state index is 12.2. The number of likely N-dealkylation sites (tertiary alicyclic amines) is 1. The number of carbonyl (C=O) groups is 1. The summed E-state index contributed by atoms with van der Waals surface area (Å²) in [5.41, 5.74) is 1.20. The van der Waals surface area contributed by atoms with Gasteiger partial charge in [0.1, 0.15) is 12.4 Å². The number of aryl methyl sites for hydroxylation is 1. The van der Waals surface area contributed by atoms with Crippen molar-refractivity contribution in [2.24, 2.45) is 0 Å². The van der Waals surface area contributed by atoms with Gasteiger partial charge in [-0.1, -0.05) is 12.1 Å². The molecule has 1 saturated heterocycles. The van der Waals surface area contributed by atoms with Crippen LogP contribution in [0.5, 0.6) is 5.75 Å². The molecule has 0 bridgehead atoms. The van der Waals surface area contributed by atoms with Crippen LogP contribution in [0.2, 0.25) is 0 Å². The van der Waals surface area contributed by atoms with Crippen LogP contribution < -0.4 is 0 Å². The summed E-state index contributed by atoms with van der Waals surface area (Å²) >= 11 is 0. The van der Waals surface area contributed by atoms with E-state index in [2.05, 4.69) is 0 Å². The van der Waals surface area contributed by atoms with Crippen LogP contribution in [0, 0.1) is 0 Å². The van der Waals surface area contributed by atoms with E-state index in [0.717, 1.165) is 32.2 Å². The van der Waals surface area contributed by atoms with Crippen LogP contribution in [-0.4, -0.2) is 41.7 Å². The zero-order chi connectivity index (χ0) is 15.1. The molecule has 4 nitrogen and oxygen atoms in total. The summed E-state index contributed by atoms with van der Waals surface area (Å²) in [6.45, 7) is 3.54. The number of phenolic OH excluding ortho intramolecular Hbond substituents is 1. The van der Waals surface area contributed by atoms with E-state index in [1.165, 1.54) is 12.0 Å². The SMILES string of the molecule is CCOCC(=O)N1CCCCC1CCc1ccc(O)cc1. The van der Waals surface area contributed by atoms with Gasteiger partial charge in [0, 0.05) is 19.2 Å². The van der Waals surface area contributed by atoms with Gasteiger partial charge in [-0.15, -0.1) is 0 Å². The predicted octanol–water partition coefficient (Wildman–Crippen LogP) is 2.74. The highest BCUT2D eigenvalue weighted by Gasteiger charge is 2.26. The highest BCUT2D eigenvalue weighted by atomic mass is 16.5. The molecule has 0 radical (unpaired) electrons. The molecule has 1 aromatic rings. The number of ether oxygens (including phenoxy) is 1. The molecule has 1 fully saturated rings. The van der Waals surface area contributed by atoms with E-state index in [9.17, 15) is 9.90 Å². The van der Waals surface area contributed by atoms with Crippen molar-refractivity contribution in [3.05, 3.63) is 29.8 Å².